The van der Waals surface area contributed by atoms with Crippen LogP contribution in [0.15, 0.2) is 6.33 Å². The van der Waals surface area contributed by atoms with Crippen LogP contribution in [-0.2, 0) is 11.2 Å². The van der Waals surface area contributed by atoms with Crippen LogP contribution in [0, 0.1) is 0 Å². The standard InChI is InChI=1S/C11H21N5O/c1-4-5-9-10(13-6-8(2)17-3)14-7-15-11(9)16-12/h7-8H,4-6,12H2,1-3H3,(H2,13,14,15,16). The second-order valence-electron chi connectivity index (χ2n) is 3.87. The number of ether oxygens (including phenoxy) is 1. The molecule has 0 aromatic carbocycles. The van der Waals surface area contributed by atoms with Crippen molar-refractivity contribution in [3.8, 4) is 0 Å². The first kappa shape index (κ1) is 13.7. The molecule has 96 valence electrons. The van der Waals surface area contributed by atoms with E-state index < -0.39 is 0 Å². The second-order valence-corrected chi connectivity index (χ2v) is 3.87. The van der Waals surface area contributed by atoms with Crippen LogP contribution in [-0.4, -0.2) is 29.7 Å². The fourth-order valence-electron chi connectivity index (χ4n) is 1.50. The van der Waals surface area contributed by atoms with Gasteiger partial charge in [0.25, 0.3) is 0 Å². The Labute approximate surface area is 102 Å². The maximum Gasteiger partial charge on any atom is 0.148 e. The highest BCUT2D eigenvalue weighted by Gasteiger charge is 2.10. The number of hydrazine groups is 1. The van der Waals surface area contributed by atoms with Gasteiger partial charge in [-0.2, -0.15) is 0 Å². The van der Waals surface area contributed by atoms with E-state index >= 15 is 0 Å². The third-order valence-corrected chi connectivity index (χ3v) is 2.54. The Morgan fingerprint density at radius 1 is 1.41 bits per heavy atom. The van der Waals surface area contributed by atoms with Crippen molar-refractivity contribution in [3.63, 3.8) is 0 Å². The van der Waals surface area contributed by atoms with Gasteiger partial charge in [-0.25, -0.2) is 15.8 Å². The van der Waals surface area contributed by atoms with Crippen LogP contribution in [0.5, 0.6) is 0 Å². The first-order valence-corrected chi connectivity index (χ1v) is 5.80. The molecule has 0 bridgehead atoms. The average molecular weight is 239 g/mol. The lowest BCUT2D eigenvalue weighted by atomic mass is 10.1. The maximum atomic E-state index is 5.44. The Morgan fingerprint density at radius 2 is 2.12 bits per heavy atom. The van der Waals surface area contributed by atoms with Crippen molar-refractivity contribution >= 4 is 11.6 Å². The number of hydrogen-bond donors (Lipinski definition) is 3. The van der Waals surface area contributed by atoms with E-state index in [0.717, 1.165) is 24.2 Å². The van der Waals surface area contributed by atoms with Crippen LogP contribution >= 0.6 is 0 Å². The number of nitrogens with zero attached hydrogens (tertiary/aromatic N) is 2. The van der Waals surface area contributed by atoms with Crippen LogP contribution in [0.2, 0.25) is 0 Å². The Balaban J connectivity index is 2.82. The first-order chi connectivity index (χ1) is 8.22. The van der Waals surface area contributed by atoms with Crippen molar-refractivity contribution < 1.29 is 4.74 Å². The fraction of sp³-hybridized carbons (Fsp3) is 0.636. The molecule has 1 heterocycles. The number of hydrogen-bond acceptors (Lipinski definition) is 6. The maximum absolute atomic E-state index is 5.44. The normalized spacial score (nSPS) is 12.2. The van der Waals surface area contributed by atoms with Crippen LogP contribution in [0.4, 0.5) is 11.6 Å². The number of nitrogens with two attached hydrogens (primary N) is 1. The van der Waals surface area contributed by atoms with Crippen LogP contribution < -0.4 is 16.6 Å². The molecule has 1 atom stereocenters. The van der Waals surface area contributed by atoms with Crippen molar-refractivity contribution in [2.75, 3.05) is 24.4 Å². The summed E-state index contributed by atoms with van der Waals surface area (Å²) in [7, 11) is 1.69. The highest BCUT2D eigenvalue weighted by molar-refractivity contribution is 5.56. The largest absolute Gasteiger partial charge is 0.380 e. The molecule has 0 aliphatic carbocycles. The molecular weight excluding hydrogens is 218 g/mol. The van der Waals surface area contributed by atoms with Crippen molar-refractivity contribution in [1.29, 1.82) is 0 Å². The van der Waals surface area contributed by atoms with E-state index in [1.54, 1.807) is 7.11 Å². The van der Waals surface area contributed by atoms with Gasteiger partial charge in [-0.3, -0.25) is 0 Å². The van der Waals surface area contributed by atoms with E-state index in [-0.39, 0.29) is 6.10 Å². The Hall–Kier alpha value is -1.40. The minimum atomic E-state index is 0.133. The van der Waals surface area contributed by atoms with Gasteiger partial charge in [0.05, 0.1) is 6.10 Å². The number of nitrogens with one attached hydrogen (secondary N) is 2. The monoisotopic (exact) mass is 239 g/mol. The molecular formula is C11H21N5O. The van der Waals surface area contributed by atoms with E-state index in [4.69, 9.17) is 10.6 Å². The zero-order chi connectivity index (χ0) is 12.7. The summed E-state index contributed by atoms with van der Waals surface area (Å²) in [5, 5.41) is 3.25. The molecule has 0 saturated carbocycles. The highest BCUT2D eigenvalue weighted by Crippen LogP contribution is 2.20. The van der Waals surface area contributed by atoms with Crippen LogP contribution in [0.1, 0.15) is 25.8 Å². The van der Waals surface area contributed by atoms with Crippen molar-refractivity contribution in [2.45, 2.75) is 32.8 Å². The molecule has 0 aliphatic rings. The smallest absolute Gasteiger partial charge is 0.148 e. The SMILES string of the molecule is CCCc1c(NN)ncnc1NCC(C)OC. The van der Waals surface area contributed by atoms with Gasteiger partial charge in [-0.05, 0) is 13.3 Å². The third kappa shape index (κ3) is 3.83. The number of methoxy groups -OCH3 is 1. The summed E-state index contributed by atoms with van der Waals surface area (Å²) in [5.74, 6) is 6.93. The molecule has 4 N–H and O–H groups in total. The van der Waals surface area contributed by atoms with Gasteiger partial charge in [0.1, 0.15) is 18.0 Å². The number of aromatic nitrogens is 2. The quantitative estimate of drug-likeness (QED) is 0.489. The van der Waals surface area contributed by atoms with Gasteiger partial charge >= 0.3 is 0 Å². The first-order valence-electron chi connectivity index (χ1n) is 5.80. The molecule has 0 amide bonds. The highest BCUT2D eigenvalue weighted by atomic mass is 16.5. The average Bonchev–Trinajstić information content (AvgIpc) is 2.37. The lowest BCUT2D eigenvalue weighted by Crippen LogP contribution is -2.20. The predicted molar refractivity (Wildman–Crippen MR) is 68.8 cm³/mol. The van der Waals surface area contributed by atoms with Crippen molar-refractivity contribution in [3.05, 3.63) is 11.9 Å². The molecule has 0 saturated heterocycles. The Kier molecular flexibility index (Phi) is 5.65. The summed E-state index contributed by atoms with van der Waals surface area (Å²) in [6, 6.07) is 0. The summed E-state index contributed by atoms with van der Waals surface area (Å²) in [4.78, 5) is 8.34. The van der Waals surface area contributed by atoms with Crippen LogP contribution in [0.25, 0.3) is 0 Å². The zero-order valence-corrected chi connectivity index (χ0v) is 10.7. The molecule has 0 radical (unpaired) electrons. The number of nitrogen functional groups attached to an aromatic ring is 1. The topological polar surface area (TPSA) is 85.1 Å². The molecule has 6 nitrogen and oxygen atoms in total. The molecule has 6 heteroatoms. The molecule has 1 aromatic rings. The molecule has 1 rings (SSSR count). The van der Waals surface area contributed by atoms with E-state index in [1.807, 2.05) is 6.92 Å². The summed E-state index contributed by atoms with van der Waals surface area (Å²) in [6.45, 7) is 4.80. The van der Waals surface area contributed by atoms with Crippen molar-refractivity contribution in [1.82, 2.24) is 9.97 Å². The molecule has 0 fully saturated rings. The minimum Gasteiger partial charge on any atom is -0.380 e. The molecule has 1 unspecified atom stereocenters. The Bertz CT molecular complexity index is 345. The fourth-order valence-corrected chi connectivity index (χ4v) is 1.50. The van der Waals surface area contributed by atoms with Gasteiger partial charge in [0, 0.05) is 19.2 Å². The number of rotatable bonds is 7. The summed E-state index contributed by atoms with van der Waals surface area (Å²) < 4.78 is 5.18. The second kappa shape index (κ2) is 7.03. The molecule has 0 spiro atoms. The lowest BCUT2D eigenvalue weighted by molar-refractivity contribution is 0.128. The van der Waals surface area contributed by atoms with Crippen molar-refractivity contribution in [2.24, 2.45) is 5.84 Å². The van der Waals surface area contributed by atoms with E-state index in [9.17, 15) is 0 Å². The Morgan fingerprint density at radius 3 is 2.71 bits per heavy atom. The van der Waals surface area contributed by atoms with Gasteiger partial charge in [0.2, 0.25) is 0 Å². The lowest BCUT2D eigenvalue weighted by Gasteiger charge is -2.15. The molecule has 17 heavy (non-hydrogen) atoms. The third-order valence-electron chi connectivity index (χ3n) is 2.54. The summed E-state index contributed by atoms with van der Waals surface area (Å²) in [6.07, 6.45) is 3.52. The predicted octanol–water partition coefficient (Wildman–Crippen LogP) is 1.16. The van der Waals surface area contributed by atoms with Gasteiger partial charge in [-0.1, -0.05) is 13.3 Å². The van der Waals surface area contributed by atoms with E-state index in [0.29, 0.717) is 12.4 Å². The van der Waals surface area contributed by atoms with E-state index in [2.05, 4.69) is 27.6 Å². The molecule has 0 aliphatic heterocycles. The minimum absolute atomic E-state index is 0.133. The number of anilines is 2. The summed E-state index contributed by atoms with van der Waals surface area (Å²) in [5.41, 5.74) is 3.61. The van der Waals surface area contributed by atoms with Gasteiger partial charge in [0.15, 0.2) is 0 Å². The summed E-state index contributed by atoms with van der Waals surface area (Å²) >= 11 is 0. The van der Waals surface area contributed by atoms with Crippen LogP contribution in [0.3, 0.4) is 0 Å². The van der Waals surface area contributed by atoms with Gasteiger partial charge < -0.3 is 15.5 Å². The van der Waals surface area contributed by atoms with Gasteiger partial charge in [-0.15, -0.1) is 0 Å². The van der Waals surface area contributed by atoms with E-state index in [1.165, 1.54) is 6.33 Å². The zero-order valence-electron chi connectivity index (χ0n) is 10.7. The molecule has 1 aromatic heterocycles.